The highest BCUT2D eigenvalue weighted by molar-refractivity contribution is 5.95. The maximum atomic E-state index is 12.2. The zero-order valence-electron chi connectivity index (χ0n) is 12.2. The molecule has 2 N–H and O–H groups in total. The molecule has 1 unspecified atom stereocenters. The first-order chi connectivity index (χ1) is 10.6. The Morgan fingerprint density at radius 2 is 2.00 bits per heavy atom. The second-order valence-electron chi connectivity index (χ2n) is 5.81. The number of carbonyl (C=O) groups excluding carboxylic acids is 1. The normalized spacial score (nSPS) is 15.5. The second kappa shape index (κ2) is 6.13. The number of amides is 1. The number of rotatable bonds is 6. The number of benzene rings is 1. The van der Waals surface area contributed by atoms with E-state index >= 15 is 0 Å². The Balaban J connectivity index is 1.65. The zero-order valence-corrected chi connectivity index (χ0v) is 12.2. The van der Waals surface area contributed by atoms with Gasteiger partial charge in [0, 0.05) is 11.9 Å². The van der Waals surface area contributed by atoms with Gasteiger partial charge in [0.05, 0.1) is 11.4 Å². The van der Waals surface area contributed by atoms with Crippen molar-refractivity contribution < 1.29 is 14.7 Å². The number of hydrogen-bond acceptors (Lipinski definition) is 3. The third kappa shape index (κ3) is 3.42. The van der Waals surface area contributed by atoms with Gasteiger partial charge in [0.1, 0.15) is 5.69 Å². The van der Waals surface area contributed by atoms with Crippen molar-refractivity contribution in [3.8, 4) is 0 Å². The average Bonchev–Trinajstić information content (AvgIpc) is 3.34. The van der Waals surface area contributed by atoms with Gasteiger partial charge >= 0.3 is 5.97 Å². The summed E-state index contributed by atoms with van der Waals surface area (Å²) in [4.78, 5) is 27.7. The van der Waals surface area contributed by atoms with Crippen LogP contribution >= 0.6 is 0 Å². The van der Waals surface area contributed by atoms with E-state index in [1.54, 1.807) is 6.07 Å². The van der Waals surface area contributed by atoms with Gasteiger partial charge in [0.2, 0.25) is 0 Å². The highest BCUT2D eigenvalue weighted by atomic mass is 16.4. The maximum Gasteiger partial charge on any atom is 0.308 e. The van der Waals surface area contributed by atoms with Gasteiger partial charge in [-0.1, -0.05) is 37.1 Å². The highest BCUT2D eigenvalue weighted by Crippen LogP contribution is 2.35. The van der Waals surface area contributed by atoms with Crippen molar-refractivity contribution in [1.82, 2.24) is 10.3 Å². The number of carboxylic acids is 1. The number of nitrogens with zero attached hydrogens (tertiary/aromatic N) is 1. The second-order valence-corrected chi connectivity index (χ2v) is 5.81. The van der Waals surface area contributed by atoms with E-state index in [0.717, 1.165) is 23.7 Å². The molecule has 1 heterocycles. The van der Waals surface area contributed by atoms with Crippen molar-refractivity contribution >= 4 is 22.8 Å². The third-order valence-corrected chi connectivity index (χ3v) is 4.00. The summed E-state index contributed by atoms with van der Waals surface area (Å²) in [5.41, 5.74) is 1.07. The lowest BCUT2D eigenvalue weighted by molar-refractivity contribution is -0.141. The van der Waals surface area contributed by atoms with Gasteiger partial charge in [-0.3, -0.25) is 9.59 Å². The summed E-state index contributed by atoms with van der Waals surface area (Å²) in [6.45, 7) is 0.152. The summed E-state index contributed by atoms with van der Waals surface area (Å²) in [7, 11) is 0. The van der Waals surface area contributed by atoms with Crippen LogP contribution in [0.1, 0.15) is 29.8 Å². The smallest absolute Gasteiger partial charge is 0.308 e. The minimum absolute atomic E-state index is 0.152. The van der Waals surface area contributed by atoms with E-state index in [9.17, 15) is 14.7 Å². The lowest BCUT2D eigenvalue weighted by Gasteiger charge is -2.12. The Bertz CT molecular complexity index is 710. The van der Waals surface area contributed by atoms with Crippen LogP contribution in [0.3, 0.4) is 0 Å². The van der Waals surface area contributed by atoms with E-state index in [1.165, 1.54) is 0 Å². The summed E-state index contributed by atoms with van der Waals surface area (Å²) in [6, 6.07) is 11.1. The number of carbonyl (C=O) groups is 2. The van der Waals surface area contributed by atoms with Crippen LogP contribution in [0, 0.1) is 11.8 Å². The molecule has 114 valence electrons. The molecule has 1 aromatic heterocycles. The first-order valence-corrected chi connectivity index (χ1v) is 7.50. The third-order valence-electron chi connectivity index (χ3n) is 4.00. The summed E-state index contributed by atoms with van der Waals surface area (Å²) in [6.07, 6.45) is 2.84. The van der Waals surface area contributed by atoms with Gasteiger partial charge in [0.25, 0.3) is 5.91 Å². The first kappa shape index (κ1) is 14.5. The predicted molar refractivity (Wildman–Crippen MR) is 82.5 cm³/mol. The van der Waals surface area contributed by atoms with Crippen LogP contribution in [0.5, 0.6) is 0 Å². The van der Waals surface area contributed by atoms with Gasteiger partial charge in [0.15, 0.2) is 0 Å². The molecule has 22 heavy (non-hydrogen) atoms. The average molecular weight is 298 g/mol. The maximum absolute atomic E-state index is 12.2. The molecule has 1 atom stereocenters. The van der Waals surface area contributed by atoms with E-state index in [2.05, 4.69) is 10.3 Å². The number of nitrogens with one attached hydrogen (secondary N) is 1. The molecule has 1 aliphatic carbocycles. The summed E-state index contributed by atoms with van der Waals surface area (Å²) in [5, 5.41) is 12.9. The first-order valence-electron chi connectivity index (χ1n) is 7.50. The lowest BCUT2D eigenvalue weighted by Crippen LogP contribution is -2.33. The van der Waals surface area contributed by atoms with Gasteiger partial charge < -0.3 is 10.4 Å². The molecule has 1 aliphatic rings. The van der Waals surface area contributed by atoms with Crippen LogP contribution in [0.2, 0.25) is 0 Å². The van der Waals surface area contributed by atoms with E-state index in [-0.39, 0.29) is 12.5 Å². The predicted octanol–water partition coefficient (Wildman–Crippen LogP) is 2.47. The van der Waals surface area contributed by atoms with Crippen LogP contribution in [-0.4, -0.2) is 28.5 Å². The molecule has 5 heteroatoms. The van der Waals surface area contributed by atoms with Crippen LogP contribution in [0.25, 0.3) is 10.9 Å². The van der Waals surface area contributed by atoms with Crippen LogP contribution in [0.15, 0.2) is 36.4 Å². The topological polar surface area (TPSA) is 79.3 Å². The fourth-order valence-electron chi connectivity index (χ4n) is 2.53. The Hall–Kier alpha value is -2.43. The summed E-state index contributed by atoms with van der Waals surface area (Å²) < 4.78 is 0. The van der Waals surface area contributed by atoms with Gasteiger partial charge in [-0.05, 0) is 24.5 Å². The van der Waals surface area contributed by atoms with Gasteiger partial charge in [-0.25, -0.2) is 4.98 Å². The number of hydrogen-bond donors (Lipinski definition) is 2. The molecule has 1 amide bonds. The molecule has 0 bridgehead atoms. The summed E-state index contributed by atoms with van der Waals surface area (Å²) >= 11 is 0. The molecule has 1 aromatic carbocycles. The van der Waals surface area contributed by atoms with Crippen LogP contribution in [-0.2, 0) is 4.79 Å². The van der Waals surface area contributed by atoms with Crippen molar-refractivity contribution in [2.75, 3.05) is 6.54 Å². The van der Waals surface area contributed by atoms with Crippen LogP contribution < -0.4 is 5.32 Å². The molecule has 0 radical (unpaired) electrons. The van der Waals surface area contributed by atoms with E-state index in [1.807, 2.05) is 30.3 Å². The molecule has 1 saturated carbocycles. The number of aliphatic carboxylic acids is 1. The zero-order chi connectivity index (χ0) is 15.5. The van der Waals surface area contributed by atoms with Crippen molar-refractivity contribution in [3.63, 3.8) is 0 Å². The van der Waals surface area contributed by atoms with Gasteiger partial charge in [-0.15, -0.1) is 0 Å². The minimum atomic E-state index is -0.848. The number of fused-ring (bicyclic) bond motifs is 1. The molecule has 1 fully saturated rings. The SMILES string of the molecule is O=C(NCC(CC1CC1)C(=O)O)c1ccc2ccccc2n1. The fraction of sp³-hybridized carbons (Fsp3) is 0.353. The van der Waals surface area contributed by atoms with Crippen molar-refractivity contribution in [2.45, 2.75) is 19.3 Å². The van der Waals surface area contributed by atoms with E-state index in [0.29, 0.717) is 18.0 Å². The Kier molecular flexibility index (Phi) is 4.04. The summed E-state index contributed by atoms with van der Waals surface area (Å²) in [5.74, 6) is -1.18. The largest absolute Gasteiger partial charge is 0.481 e. The number of pyridine rings is 1. The number of carboxylic acid groups (broad SMARTS) is 1. The van der Waals surface area contributed by atoms with E-state index in [4.69, 9.17) is 0 Å². The fourth-order valence-corrected chi connectivity index (χ4v) is 2.53. The number of para-hydroxylation sites is 1. The Labute approximate surface area is 128 Å². The highest BCUT2D eigenvalue weighted by Gasteiger charge is 2.29. The van der Waals surface area contributed by atoms with Crippen molar-refractivity contribution in [3.05, 3.63) is 42.1 Å². The Morgan fingerprint density at radius 3 is 2.73 bits per heavy atom. The van der Waals surface area contributed by atoms with Crippen molar-refractivity contribution in [2.24, 2.45) is 11.8 Å². The Morgan fingerprint density at radius 1 is 1.23 bits per heavy atom. The monoisotopic (exact) mass is 298 g/mol. The lowest BCUT2D eigenvalue weighted by atomic mass is 10.0. The molecule has 5 nitrogen and oxygen atoms in total. The molecular formula is C17H18N2O3. The van der Waals surface area contributed by atoms with Crippen LogP contribution in [0.4, 0.5) is 0 Å². The van der Waals surface area contributed by atoms with E-state index < -0.39 is 11.9 Å². The molecular weight excluding hydrogens is 280 g/mol. The minimum Gasteiger partial charge on any atom is -0.481 e. The molecule has 0 saturated heterocycles. The molecule has 0 aliphatic heterocycles. The van der Waals surface area contributed by atoms with Gasteiger partial charge in [-0.2, -0.15) is 0 Å². The number of aromatic nitrogens is 1. The quantitative estimate of drug-likeness (QED) is 0.858. The molecule has 3 rings (SSSR count). The molecule has 0 spiro atoms. The standard InChI is InChI=1S/C17H18N2O3/c20-16(18-10-13(17(21)22)9-11-5-6-11)15-8-7-12-3-1-2-4-14(12)19-15/h1-4,7-8,11,13H,5-6,9-10H2,(H,18,20)(H,21,22). The molecule has 2 aromatic rings. The van der Waals surface area contributed by atoms with Crippen molar-refractivity contribution in [1.29, 1.82) is 0 Å².